The van der Waals surface area contributed by atoms with E-state index in [9.17, 15) is 10.2 Å². The molecule has 0 aliphatic rings. The van der Waals surface area contributed by atoms with Crippen LogP contribution in [0.4, 0.5) is 0 Å². The summed E-state index contributed by atoms with van der Waals surface area (Å²) >= 11 is 0. The second-order valence-corrected chi connectivity index (χ2v) is 6.50. The van der Waals surface area contributed by atoms with Crippen LogP contribution >= 0.6 is 0 Å². The van der Waals surface area contributed by atoms with Gasteiger partial charge in [-0.1, -0.05) is 36.4 Å². The summed E-state index contributed by atoms with van der Waals surface area (Å²) < 4.78 is 0. The molecule has 2 aromatic heterocycles. The highest BCUT2D eigenvalue weighted by molar-refractivity contribution is 5.65. The van der Waals surface area contributed by atoms with Gasteiger partial charge in [0.2, 0.25) is 0 Å². The van der Waals surface area contributed by atoms with Crippen LogP contribution in [0.1, 0.15) is 31.7 Å². The molecule has 0 amide bonds. The summed E-state index contributed by atoms with van der Waals surface area (Å²) in [4.78, 5) is 12.9. The lowest BCUT2D eigenvalue weighted by Crippen LogP contribution is -1.97. The average molecular weight is 361 g/mol. The molecule has 2 heterocycles. The molecule has 3 aromatic rings. The van der Waals surface area contributed by atoms with Crippen LogP contribution < -0.4 is 0 Å². The SMILES string of the molecule is CC(O)CCC/C=C/c1ccc(-c2cnc(-c3ccc(O)cn3)nc2)cc1. The molecule has 1 atom stereocenters. The molecule has 0 saturated heterocycles. The minimum absolute atomic E-state index is 0.118. The van der Waals surface area contributed by atoms with Crippen molar-refractivity contribution < 1.29 is 10.2 Å². The molecule has 5 heteroatoms. The Hall–Kier alpha value is -3.05. The van der Waals surface area contributed by atoms with Gasteiger partial charge in [-0.15, -0.1) is 0 Å². The number of nitrogens with zero attached hydrogens (tertiary/aromatic N) is 3. The average Bonchev–Trinajstić information content (AvgIpc) is 2.69. The number of hydrogen-bond donors (Lipinski definition) is 2. The van der Waals surface area contributed by atoms with Crippen molar-refractivity contribution in [2.45, 2.75) is 32.3 Å². The zero-order valence-corrected chi connectivity index (χ0v) is 15.3. The predicted octanol–water partition coefficient (Wildman–Crippen LogP) is 4.48. The number of aliphatic hydroxyl groups excluding tert-OH is 1. The number of benzene rings is 1. The zero-order chi connectivity index (χ0) is 19.1. The fourth-order valence-corrected chi connectivity index (χ4v) is 2.66. The first kappa shape index (κ1) is 18.7. The molecule has 2 N–H and O–H groups in total. The Morgan fingerprint density at radius 1 is 0.926 bits per heavy atom. The van der Waals surface area contributed by atoms with Crippen molar-refractivity contribution in [2.75, 3.05) is 0 Å². The molecule has 0 saturated carbocycles. The van der Waals surface area contributed by atoms with Crippen LogP contribution in [0.3, 0.4) is 0 Å². The Kier molecular flexibility index (Phi) is 6.28. The highest BCUT2D eigenvalue weighted by Crippen LogP contribution is 2.21. The van der Waals surface area contributed by atoms with E-state index in [-0.39, 0.29) is 11.9 Å². The number of hydrogen-bond acceptors (Lipinski definition) is 5. The van der Waals surface area contributed by atoms with E-state index in [1.807, 2.05) is 19.1 Å². The number of unbranched alkanes of at least 4 members (excludes halogenated alkanes) is 1. The van der Waals surface area contributed by atoms with Gasteiger partial charge in [0.25, 0.3) is 0 Å². The van der Waals surface area contributed by atoms with E-state index in [0.29, 0.717) is 11.5 Å². The van der Waals surface area contributed by atoms with Crippen LogP contribution in [0.25, 0.3) is 28.7 Å². The quantitative estimate of drug-likeness (QED) is 0.607. The van der Waals surface area contributed by atoms with Crippen molar-refractivity contribution >= 4 is 6.08 Å². The number of aliphatic hydroxyl groups is 1. The summed E-state index contributed by atoms with van der Waals surface area (Å²) in [6.07, 6.45) is 11.7. The third-order valence-corrected chi connectivity index (χ3v) is 4.18. The van der Waals surface area contributed by atoms with E-state index in [1.165, 1.54) is 6.20 Å². The summed E-state index contributed by atoms with van der Waals surface area (Å²) in [5.41, 5.74) is 3.74. The molecule has 5 nitrogen and oxygen atoms in total. The van der Waals surface area contributed by atoms with Crippen LogP contribution in [0.5, 0.6) is 5.75 Å². The van der Waals surface area contributed by atoms with Gasteiger partial charge in [-0.25, -0.2) is 15.0 Å². The Bertz CT molecular complexity index is 871. The maximum atomic E-state index is 9.30. The summed E-state index contributed by atoms with van der Waals surface area (Å²) in [7, 11) is 0. The van der Waals surface area contributed by atoms with Crippen molar-refractivity contribution in [2.24, 2.45) is 0 Å². The van der Waals surface area contributed by atoms with Gasteiger partial charge >= 0.3 is 0 Å². The fraction of sp³-hybridized carbons (Fsp3) is 0.227. The molecule has 0 aliphatic carbocycles. The zero-order valence-electron chi connectivity index (χ0n) is 15.3. The molecular formula is C22H23N3O2. The molecule has 0 spiro atoms. The lowest BCUT2D eigenvalue weighted by Gasteiger charge is -2.04. The van der Waals surface area contributed by atoms with Crippen LogP contribution in [-0.2, 0) is 0 Å². The van der Waals surface area contributed by atoms with Gasteiger partial charge in [-0.3, -0.25) is 0 Å². The molecule has 0 bridgehead atoms. The molecule has 3 rings (SSSR count). The van der Waals surface area contributed by atoms with Crippen molar-refractivity contribution in [3.63, 3.8) is 0 Å². The normalized spacial score (nSPS) is 12.4. The molecule has 138 valence electrons. The number of aromatic hydroxyl groups is 1. The number of pyridine rings is 1. The number of allylic oxidation sites excluding steroid dienone is 1. The summed E-state index contributed by atoms with van der Waals surface area (Å²) in [5, 5.41) is 18.6. The van der Waals surface area contributed by atoms with E-state index in [2.05, 4.69) is 39.2 Å². The standard InChI is InChI=1S/C22H23N3O2/c1-16(26)5-3-2-4-6-17-7-9-18(10-8-17)19-13-24-22(25-14-19)21-12-11-20(27)15-23-21/h4,6-16,26-27H,2-3,5H2,1H3/b6-4+. The predicted molar refractivity (Wildman–Crippen MR) is 107 cm³/mol. The smallest absolute Gasteiger partial charge is 0.178 e. The van der Waals surface area contributed by atoms with E-state index >= 15 is 0 Å². The van der Waals surface area contributed by atoms with Gasteiger partial charge in [-0.2, -0.15) is 0 Å². The van der Waals surface area contributed by atoms with Crippen LogP contribution in [-0.4, -0.2) is 31.3 Å². The second kappa shape index (κ2) is 9.05. The van der Waals surface area contributed by atoms with Crippen LogP contribution in [0.15, 0.2) is 61.1 Å². The van der Waals surface area contributed by atoms with Crippen molar-refractivity contribution in [3.05, 3.63) is 66.6 Å². The summed E-state index contributed by atoms with van der Waals surface area (Å²) in [6, 6.07) is 11.5. The summed E-state index contributed by atoms with van der Waals surface area (Å²) in [5.74, 6) is 0.642. The molecular weight excluding hydrogens is 338 g/mol. The molecule has 1 aromatic carbocycles. The van der Waals surface area contributed by atoms with Gasteiger partial charge in [-0.05, 0) is 49.4 Å². The van der Waals surface area contributed by atoms with E-state index in [0.717, 1.165) is 36.0 Å². The Morgan fingerprint density at radius 2 is 1.67 bits per heavy atom. The Morgan fingerprint density at radius 3 is 2.30 bits per heavy atom. The highest BCUT2D eigenvalue weighted by atomic mass is 16.3. The molecule has 0 aliphatic heterocycles. The number of rotatable bonds is 7. The van der Waals surface area contributed by atoms with Crippen LogP contribution in [0.2, 0.25) is 0 Å². The molecule has 1 unspecified atom stereocenters. The Labute approximate surface area is 159 Å². The lowest BCUT2D eigenvalue weighted by atomic mass is 10.1. The first-order chi connectivity index (χ1) is 13.1. The van der Waals surface area contributed by atoms with Crippen molar-refractivity contribution in [1.82, 2.24) is 15.0 Å². The maximum Gasteiger partial charge on any atom is 0.178 e. The largest absolute Gasteiger partial charge is 0.506 e. The van der Waals surface area contributed by atoms with Gasteiger partial charge in [0.1, 0.15) is 11.4 Å². The summed E-state index contributed by atoms with van der Waals surface area (Å²) in [6.45, 7) is 1.82. The van der Waals surface area contributed by atoms with Crippen LogP contribution in [0, 0.1) is 0 Å². The number of aromatic nitrogens is 3. The first-order valence-electron chi connectivity index (χ1n) is 9.04. The van der Waals surface area contributed by atoms with Gasteiger partial charge in [0.05, 0.1) is 12.3 Å². The minimum atomic E-state index is -0.226. The van der Waals surface area contributed by atoms with E-state index < -0.39 is 0 Å². The lowest BCUT2D eigenvalue weighted by molar-refractivity contribution is 0.182. The first-order valence-corrected chi connectivity index (χ1v) is 9.04. The molecule has 0 radical (unpaired) electrons. The molecule has 0 fully saturated rings. The maximum absolute atomic E-state index is 9.30. The third-order valence-electron chi connectivity index (χ3n) is 4.18. The fourth-order valence-electron chi connectivity index (χ4n) is 2.66. The monoisotopic (exact) mass is 361 g/mol. The van der Waals surface area contributed by atoms with Gasteiger partial charge in [0.15, 0.2) is 5.82 Å². The topological polar surface area (TPSA) is 79.1 Å². The highest BCUT2D eigenvalue weighted by Gasteiger charge is 2.04. The van der Waals surface area contributed by atoms with Crippen molar-refractivity contribution in [1.29, 1.82) is 0 Å². The van der Waals surface area contributed by atoms with Crippen molar-refractivity contribution in [3.8, 4) is 28.4 Å². The van der Waals surface area contributed by atoms with E-state index in [4.69, 9.17) is 0 Å². The third kappa shape index (κ3) is 5.46. The van der Waals surface area contributed by atoms with E-state index in [1.54, 1.807) is 24.5 Å². The molecule has 27 heavy (non-hydrogen) atoms. The second-order valence-electron chi connectivity index (χ2n) is 6.50. The minimum Gasteiger partial charge on any atom is -0.506 e. The van der Waals surface area contributed by atoms with Gasteiger partial charge in [0, 0.05) is 18.0 Å². The van der Waals surface area contributed by atoms with Gasteiger partial charge < -0.3 is 10.2 Å². The Balaban J connectivity index is 1.63.